The molecule has 2 heterocycles. The highest BCUT2D eigenvalue weighted by Gasteiger charge is 2.15. The fraction of sp³-hybridized carbons (Fsp3) is 0. The number of anilines is 1. The molecule has 0 fully saturated rings. The van der Waals surface area contributed by atoms with E-state index in [1.165, 1.54) is 18.4 Å². The zero-order chi connectivity index (χ0) is 12.9. The van der Waals surface area contributed by atoms with Crippen molar-refractivity contribution in [2.75, 3.05) is 5.73 Å². The molecule has 0 unspecified atom stereocenters. The average Bonchev–Trinajstić information content (AvgIpc) is 2.76. The quantitative estimate of drug-likeness (QED) is 0.500. The number of aromatic carboxylic acids is 1. The summed E-state index contributed by atoms with van der Waals surface area (Å²) in [5, 5.41) is 9.89. The maximum atomic E-state index is 11.4. The molecule has 0 atom stereocenters. The first-order chi connectivity index (χ1) is 8.58. The van der Waals surface area contributed by atoms with Gasteiger partial charge in [-0.15, -0.1) is 0 Å². The Morgan fingerprint density at radius 3 is 2.72 bits per heavy atom. The molecule has 3 rings (SSSR count). The third kappa shape index (κ3) is 1.29. The van der Waals surface area contributed by atoms with Crippen molar-refractivity contribution in [3.05, 3.63) is 40.4 Å². The van der Waals surface area contributed by atoms with E-state index in [-0.39, 0.29) is 5.58 Å². The van der Waals surface area contributed by atoms with E-state index in [1.54, 1.807) is 6.07 Å². The van der Waals surface area contributed by atoms with Crippen molar-refractivity contribution >= 4 is 33.6 Å². The van der Waals surface area contributed by atoms with Crippen molar-refractivity contribution in [1.82, 2.24) is 0 Å². The zero-order valence-corrected chi connectivity index (χ0v) is 8.97. The lowest BCUT2D eigenvalue weighted by Crippen LogP contribution is -2.13. The van der Waals surface area contributed by atoms with Crippen LogP contribution in [0.25, 0.3) is 21.9 Å². The Morgan fingerprint density at radius 1 is 1.22 bits per heavy atom. The van der Waals surface area contributed by atoms with Gasteiger partial charge < -0.3 is 19.7 Å². The van der Waals surface area contributed by atoms with Crippen molar-refractivity contribution in [2.24, 2.45) is 0 Å². The lowest BCUT2D eigenvalue weighted by Gasteiger charge is -2.03. The number of rotatable bonds is 1. The molecule has 6 heteroatoms. The molecular formula is C12H7NO5. The van der Waals surface area contributed by atoms with E-state index in [0.717, 1.165) is 0 Å². The number of fused-ring (bicyclic) bond motifs is 2. The van der Waals surface area contributed by atoms with Crippen LogP contribution in [-0.2, 0) is 0 Å². The van der Waals surface area contributed by atoms with Gasteiger partial charge in [-0.3, -0.25) is 0 Å². The summed E-state index contributed by atoms with van der Waals surface area (Å²) in [5.74, 6) is -1.35. The van der Waals surface area contributed by atoms with Crippen LogP contribution in [0.1, 0.15) is 10.4 Å². The summed E-state index contributed by atoms with van der Waals surface area (Å²) in [5.41, 5.74) is 5.54. The van der Waals surface area contributed by atoms with Crippen LogP contribution >= 0.6 is 0 Å². The Morgan fingerprint density at radius 2 is 2.00 bits per heavy atom. The van der Waals surface area contributed by atoms with Gasteiger partial charge in [-0.05, 0) is 12.1 Å². The Balaban J connectivity index is 2.53. The molecule has 90 valence electrons. The number of benzene rings is 1. The van der Waals surface area contributed by atoms with Crippen LogP contribution in [0.4, 0.5) is 5.69 Å². The van der Waals surface area contributed by atoms with Crippen LogP contribution < -0.4 is 11.4 Å². The molecule has 0 amide bonds. The second-order valence-electron chi connectivity index (χ2n) is 3.79. The Hall–Kier alpha value is -2.76. The lowest BCUT2D eigenvalue weighted by molar-refractivity contribution is 0.0692. The van der Waals surface area contributed by atoms with E-state index in [2.05, 4.69) is 0 Å². The summed E-state index contributed by atoms with van der Waals surface area (Å²) in [4.78, 5) is 22.3. The van der Waals surface area contributed by atoms with Crippen LogP contribution in [0.2, 0.25) is 0 Å². The molecule has 0 saturated heterocycles. The predicted molar refractivity (Wildman–Crippen MR) is 63.6 cm³/mol. The number of carbonyl (C=O) groups is 1. The summed E-state index contributed by atoms with van der Waals surface area (Å²) in [6.45, 7) is 0. The average molecular weight is 245 g/mol. The van der Waals surface area contributed by atoms with Crippen LogP contribution in [0.15, 0.2) is 38.1 Å². The van der Waals surface area contributed by atoms with Crippen LogP contribution in [0.5, 0.6) is 0 Å². The van der Waals surface area contributed by atoms with E-state index in [9.17, 15) is 9.59 Å². The van der Waals surface area contributed by atoms with Gasteiger partial charge in [-0.1, -0.05) is 0 Å². The first-order valence-electron chi connectivity index (χ1n) is 5.05. The summed E-state index contributed by atoms with van der Waals surface area (Å²) >= 11 is 0. The molecular weight excluding hydrogens is 238 g/mol. The molecule has 1 aromatic carbocycles. The number of hydrogen-bond donors (Lipinski definition) is 2. The number of carboxylic acids is 1. The van der Waals surface area contributed by atoms with Gasteiger partial charge in [0.1, 0.15) is 16.7 Å². The standard InChI is InChI=1S/C12H7NO5/c13-10-5-1-2-17-8(5)4-9-6(10)3-7(11(14)15)12(16)18-9/h1-4H,13H2,(H,14,15). The van der Waals surface area contributed by atoms with E-state index < -0.39 is 17.2 Å². The van der Waals surface area contributed by atoms with Gasteiger partial charge in [0.2, 0.25) is 0 Å². The van der Waals surface area contributed by atoms with Gasteiger partial charge in [0.25, 0.3) is 0 Å². The number of hydrogen-bond acceptors (Lipinski definition) is 5. The van der Waals surface area contributed by atoms with Gasteiger partial charge in [0.15, 0.2) is 0 Å². The summed E-state index contributed by atoms with van der Waals surface area (Å²) in [7, 11) is 0. The molecule has 0 bridgehead atoms. The van der Waals surface area contributed by atoms with E-state index in [0.29, 0.717) is 22.0 Å². The molecule has 2 aromatic heterocycles. The molecule has 3 aromatic rings. The summed E-state index contributed by atoms with van der Waals surface area (Å²) in [6.07, 6.45) is 1.45. The summed E-state index contributed by atoms with van der Waals surface area (Å²) < 4.78 is 10.1. The second kappa shape index (κ2) is 3.36. The van der Waals surface area contributed by atoms with E-state index >= 15 is 0 Å². The first-order valence-corrected chi connectivity index (χ1v) is 5.05. The highest BCUT2D eigenvalue weighted by atomic mass is 16.4. The fourth-order valence-corrected chi connectivity index (χ4v) is 1.87. The minimum absolute atomic E-state index is 0.199. The third-order valence-corrected chi connectivity index (χ3v) is 2.74. The monoisotopic (exact) mass is 245 g/mol. The highest BCUT2D eigenvalue weighted by molar-refractivity contribution is 6.07. The van der Waals surface area contributed by atoms with Crippen molar-refractivity contribution in [3.63, 3.8) is 0 Å². The van der Waals surface area contributed by atoms with Crippen LogP contribution in [-0.4, -0.2) is 11.1 Å². The van der Waals surface area contributed by atoms with Gasteiger partial charge in [0, 0.05) is 16.8 Å². The molecule has 0 radical (unpaired) electrons. The molecule has 0 aliphatic heterocycles. The van der Waals surface area contributed by atoms with E-state index in [1.807, 2.05) is 0 Å². The van der Waals surface area contributed by atoms with Gasteiger partial charge in [0.05, 0.1) is 12.0 Å². The molecule has 0 saturated carbocycles. The lowest BCUT2D eigenvalue weighted by atomic mass is 10.1. The molecule has 18 heavy (non-hydrogen) atoms. The molecule has 6 nitrogen and oxygen atoms in total. The summed E-state index contributed by atoms with van der Waals surface area (Å²) in [6, 6.07) is 4.38. The van der Waals surface area contributed by atoms with Crippen molar-refractivity contribution in [1.29, 1.82) is 0 Å². The largest absolute Gasteiger partial charge is 0.477 e. The Labute approximate surface area is 99.2 Å². The topological polar surface area (TPSA) is 107 Å². The zero-order valence-electron chi connectivity index (χ0n) is 8.97. The third-order valence-electron chi connectivity index (χ3n) is 2.74. The Bertz CT molecular complexity index is 843. The molecule has 0 aliphatic rings. The smallest absolute Gasteiger partial charge is 0.351 e. The normalized spacial score (nSPS) is 11.1. The van der Waals surface area contributed by atoms with Crippen LogP contribution in [0, 0.1) is 0 Å². The molecule has 3 N–H and O–H groups in total. The predicted octanol–water partition coefficient (Wildman–Crippen LogP) is 1.82. The minimum atomic E-state index is -1.35. The SMILES string of the molecule is Nc1c2ccoc2cc2oc(=O)c(C(=O)O)cc12. The van der Waals surface area contributed by atoms with Gasteiger partial charge >= 0.3 is 11.6 Å². The second-order valence-corrected chi connectivity index (χ2v) is 3.79. The fourth-order valence-electron chi connectivity index (χ4n) is 1.87. The number of nitrogen functional groups attached to an aromatic ring is 1. The molecule has 0 aliphatic carbocycles. The number of furan rings is 1. The first kappa shape index (κ1) is 10.4. The van der Waals surface area contributed by atoms with Gasteiger partial charge in [-0.25, -0.2) is 9.59 Å². The maximum Gasteiger partial charge on any atom is 0.351 e. The molecule has 0 spiro atoms. The number of carboxylic acid groups (broad SMARTS) is 1. The van der Waals surface area contributed by atoms with Crippen LogP contribution in [0.3, 0.4) is 0 Å². The Kier molecular flexibility index (Phi) is 1.94. The maximum absolute atomic E-state index is 11.4. The highest BCUT2D eigenvalue weighted by Crippen LogP contribution is 2.30. The minimum Gasteiger partial charge on any atom is -0.477 e. The van der Waals surface area contributed by atoms with Crippen molar-refractivity contribution < 1.29 is 18.7 Å². The number of nitrogens with two attached hydrogens (primary N) is 1. The van der Waals surface area contributed by atoms with E-state index in [4.69, 9.17) is 19.7 Å². The van der Waals surface area contributed by atoms with Crippen molar-refractivity contribution in [3.8, 4) is 0 Å². The van der Waals surface area contributed by atoms with Crippen molar-refractivity contribution in [2.45, 2.75) is 0 Å². The van der Waals surface area contributed by atoms with Gasteiger partial charge in [-0.2, -0.15) is 0 Å².